The zero-order chi connectivity index (χ0) is 23.2. The van der Waals surface area contributed by atoms with Crippen molar-refractivity contribution in [2.75, 3.05) is 36.6 Å². The van der Waals surface area contributed by atoms with E-state index in [0.29, 0.717) is 42.6 Å². The van der Waals surface area contributed by atoms with Crippen LogP contribution in [0.2, 0.25) is 0 Å². The summed E-state index contributed by atoms with van der Waals surface area (Å²) in [6.45, 7) is 8.86. The van der Waals surface area contributed by atoms with Crippen molar-refractivity contribution in [2.24, 2.45) is 0 Å². The summed E-state index contributed by atoms with van der Waals surface area (Å²) in [6.07, 6.45) is 1.02. The molecule has 7 heteroatoms. The summed E-state index contributed by atoms with van der Waals surface area (Å²) in [7, 11) is 0. The summed E-state index contributed by atoms with van der Waals surface area (Å²) < 4.78 is 17.3. The van der Waals surface area contributed by atoms with Crippen LogP contribution in [0.5, 0.6) is 17.2 Å². The quantitative estimate of drug-likeness (QED) is 0.435. The Morgan fingerprint density at radius 3 is 2.39 bits per heavy atom. The molecule has 0 radical (unpaired) electrons. The van der Waals surface area contributed by atoms with E-state index in [1.807, 2.05) is 50.3 Å². The minimum Gasteiger partial charge on any atom is -0.490 e. The van der Waals surface area contributed by atoms with Crippen LogP contribution in [0.1, 0.15) is 41.6 Å². The summed E-state index contributed by atoms with van der Waals surface area (Å²) in [4.78, 5) is 17.1. The molecule has 0 aliphatic carbocycles. The number of carbonyl (C=O) groups excluding carboxylic acids is 1. The van der Waals surface area contributed by atoms with E-state index in [1.165, 1.54) is 10.4 Å². The molecule has 0 unspecified atom stereocenters. The van der Waals surface area contributed by atoms with E-state index in [1.54, 1.807) is 12.1 Å². The maximum Gasteiger partial charge on any atom is 0.255 e. The number of nitrogens with zero attached hydrogens (tertiary/aromatic N) is 1. The minimum absolute atomic E-state index is 0.222. The van der Waals surface area contributed by atoms with E-state index in [9.17, 15) is 4.79 Å². The average molecular weight is 467 g/mol. The number of carbonyl (C=O) groups is 1. The van der Waals surface area contributed by atoms with Gasteiger partial charge in [0.2, 0.25) is 5.75 Å². The van der Waals surface area contributed by atoms with E-state index in [0.717, 1.165) is 30.9 Å². The first kappa shape index (κ1) is 23.0. The van der Waals surface area contributed by atoms with E-state index in [4.69, 9.17) is 14.2 Å². The van der Waals surface area contributed by atoms with Gasteiger partial charge in [0.1, 0.15) is 0 Å². The van der Waals surface area contributed by atoms with Crippen LogP contribution in [-0.2, 0) is 13.0 Å². The van der Waals surface area contributed by atoms with Crippen molar-refractivity contribution in [1.82, 2.24) is 0 Å². The van der Waals surface area contributed by atoms with Gasteiger partial charge in [0.05, 0.1) is 31.2 Å². The molecule has 0 atom stereocenters. The lowest BCUT2D eigenvalue weighted by atomic mass is 10.1. The predicted molar refractivity (Wildman–Crippen MR) is 133 cm³/mol. The topological polar surface area (TPSA) is 60.0 Å². The Bertz CT molecular complexity index is 1080. The molecule has 1 aliphatic heterocycles. The smallest absolute Gasteiger partial charge is 0.255 e. The van der Waals surface area contributed by atoms with Gasteiger partial charge in [0.15, 0.2) is 11.5 Å². The van der Waals surface area contributed by atoms with Gasteiger partial charge in [-0.25, -0.2) is 0 Å². The lowest BCUT2D eigenvalue weighted by molar-refractivity contribution is 0.102. The van der Waals surface area contributed by atoms with Crippen LogP contribution < -0.4 is 24.4 Å². The molecule has 0 saturated heterocycles. The Morgan fingerprint density at radius 2 is 1.70 bits per heavy atom. The second-order valence-electron chi connectivity index (χ2n) is 7.61. The number of thiophene rings is 1. The molecule has 1 amide bonds. The molecule has 4 rings (SSSR count). The Hall–Kier alpha value is -3.19. The molecular weight excluding hydrogens is 436 g/mol. The highest BCUT2D eigenvalue weighted by Gasteiger charge is 2.22. The largest absolute Gasteiger partial charge is 0.490 e. The molecular formula is C26H30N2O4S. The molecule has 0 fully saturated rings. The summed E-state index contributed by atoms with van der Waals surface area (Å²) >= 11 is 1.82. The number of ether oxygens (including phenoxy) is 3. The molecule has 2 heterocycles. The Kier molecular flexibility index (Phi) is 7.40. The van der Waals surface area contributed by atoms with Crippen molar-refractivity contribution < 1.29 is 19.0 Å². The van der Waals surface area contributed by atoms with Crippen LogP contribution in [-0.4, -0.2) is 32.3 Å². The predicted octanol–water partition coefficient (Wildman–Crippen LogP) is 5.76. The summed E-state index contributed by atoms with van der Waals surface area (Å²) in [5.41, 5.74) is 3.62. The third kappa shape index (κ3) is 5.09. The van der Waals surface area contributed by atoms with Crippen molar-refractivity contribution in [3.05, 3.63) is 63.8 Å². The SMILES string of the molecule is CCOc1cc(C(=O)Nc2ccccc2N2CCc3sccc3C2)cc(OCC)c1OCC. The van der Waals surface area contributed by atoms with Gasteiger partial charge in [-0.15, -0.1) is 11.3 Å². The van der Waals surface area contributed by atoms with Crippen LogP contribution >= 0.6 is 11.3 Å². The fourth-order valence-corrected chi connectivity index (χ4v) is 4.91. The van der Waals surface area contributed by atoms with Crippen LogP contribution in [0.3, 0.4) is 0 Å². The standard InChI is InChI=1S/C26H30N2O4S/c1-4-30-22-15-19(16-23(31-5-2)25(22)32-6-3)26(29)27-20-9-7-8-10-21(20)28-13-11-24-18(17-28)12-14-33-24/h7-10,12,14-16H,4-6,11,13,17H2,1-3H3,(H,27,29). The highest BCUT2D eigenvalue weighted by atomic mass is 32.1. The highest BCUT2D eigenvalue weighted by Crippen LogP contribution is 2.40. The second-order valence-corrected chi connectivity index (χ2v) is 8.61. The number of hydrogen-bond donors (Lipinski definition) is 1. The Morgan fingerprint density at radius 1 is 1.00 bits per heavy atom. The third-order valence-corrected chi connectivity index (χ3v) is 6.49. The van der Waals surface area contributed by atoms with E-state index in [2.05, 4.69) is 27.7 Å². The van der Waals surface area contributed by atoms with Crippen LogP contribution in [0.4, 0.5) is 11.4 Å². The van der Waals surface area contributed by atoms with Gasteiger partial charge in [-0.1, -0.05) is 12.1 Å². The lowest BCUT2D eigenvalue weighted by Gasteiger charge is -2.30. The van der Waals surface area contributed by atoms with Crippen molar-refractivity contribution in [1.29, 1.82) is 0 Å². The molecule has 33 heavy (non-hydrogen) atoms. The Labute approximate surface area is 199 Å². The molecule has 0 saturated carbocycles. The number of amides is 1. The summed E-state index contributed by atoms with van der Waals surface area (Å²) in [5, 5.41) is 5.25. The van der Waals surface area contributed by atoms with Crippen LogP contribution in [0.25, 0.3) is 0 Å². The molecule has 174 valence electrons. The first-order chi connectivity index (χ1) is 16.1. The van der Waals surface area contributed by atoms with Gasteiger partial charge in [0, 0.05) is 23.5 Å². The van der Waals surface area contributed by atoms with E-state index < -0.39 is 0 Å². The number of rotatable bonds is 9. The second kappa shape index (κ2) is 10.6. The molecule has 3 aromatic rings. The first-order valence-electron chi connectivity index (χ1n) is 11.4. The highest BCUT2D eigenvalue weighted by molar-refractivity contribution is 7.10. The maximum absolute atomic E-state index is 13.3. The van der Waals surface area contributed by atoms with Crippen molar-refractivity contribution in [2.45, 2.75) is 33.7 Å². The Balaban J connectivity index is 1.61. The van der Waals surface area contributed by atoms with E-state index >= 15 is 0 Å². The zero-order valence-corrected chi connectivity index (χ0v) is 20.2. The zero-order valence-electron chi connectivity index (χ0n) is 19.3. The summed E-state index contributed by atoms with van der Waals surface area (Å²) in [5.74, 6) is 1.31. The molecule has 6 nitrogen and oxygen atoms in total. The van der Waals surface area contributed by atoms with E-state index in [-0.39, 0.29) is 5.91 Å². The molecule has 1 aliphatic rings. The van der Waals surface area contributed by atoms with Gasteiger partial charge in [0.25, 0.3) is 5.91 Å². The summed E-state index contributed by atoms with van der Waals surface area (Å²) in [6, 6.07) is 13.6. The number of anilines is 2. The number of hydrogen-bond acceptors (Lipinski definition) is 6. The van der Waals surface area contributed by atoms with Crippen molar-refractivity contribution in [3.63, 3.8) is 0 Å². The van der Waals surface area contributed by atoms with Crippen LogP contribution in [0, 0.1) is 0 Å². The fraction of sp³-hybridized carbons (Fsp3) is 0.346. The normalized spacial score (nSPS) is 12.8. The number of para-hydroxylation sites is 2. The van der Waals surface area contributed by atoms with Crippen LogP contribution in [0.15, 0.2) is 47.8 Å². The van der Waals surface area contributed by atoms with Gasteiger partial charge in [-0.05, 0) is 68.5 Å². The van der Waals surface area contributed by atoms with Crippen molar-refractivity contribution in [3.8, 4) is 17.2 Å². The fourth-order valence-electron chi connectivity index (χ4n) is 4.02. The number of benzene rings is 2. The molecule has 0 bridgehead atoms. The van der Waals surface area contributed by atoms with Gasteiger partial charge in [-0.3, -0.25) is 4.79 Å². The lowest BCUT2D eigenvalue weighted by Crippen LogP contribution is -2.30. The molecule has 1 N–H and O–H groups in total. The van der Waals surface area contributed by atoms with Crippen molar-refractivity contribution >= 4 is 28.6 Å². The number of fused-ring (bicyclic) bond motifs is 1. The monoisotopic (exact) mass is 466 g/mol. The van der Waals surface area contributed by atoms with Gasteiger partial charge in [-0.2, -0.15) is 0 Å². The molecule has 2 aromatic carbocycles. The molecule has 0 spiro atoms. The third-order valence-electron chi connectivity index (χ3n) is 5.47. The first-order valence-corrected chi connectivity index (χ1v) is 12.3. The van der Waals surface area contributed by atoms with Gasteiger partial charge >= 0.3 is 0 Å². The average Bonchev–Trinajstić information content (AvgIpc) is 3.29. The number of nitrogens with one attached hydrogen (secondary N) is 1. The van der Waals surface area contributed by atoms with Gasteiger partial charge < -0.3 is 24.4 Å². The molecule has 1 aromatic heterocycles. The maximum atomic E-state index is 13.3. The minimum atomic E-state index is -0.222.